The number of hydrogen-bond acceptors (Lipinski definition) is 2. The molecule has 0 fully saturated rings. The van der Waals surface area contributed by atoms with Gasteiger partial charge >= 0.3 is 16.5 Å². The maximum Gasteiger partial charge on any atom is 2.00 e. The molecule has 0 unspecified atom stereocenters. The van der Waals surface area contributed by atoms with Gasteiger partial charge in [0, 0.05) is 0 Å². The van der Waals surface area contributed by atoms with Gasteiger partial charge in [-0.2, -0.15) is 11.5 Å². The summed E-state index contributed by atoms with van der Waals surface area (Å²) >= 11 is 8.90. The van der Waals surface area contributed by atoms with E-state index in [1.165, 1.54) is 0 Å². The van der Waals surface area contributed by atoms with Crippen LogP contribution in [0.4, 0.5) is 0 Å². The van der Waals surface area contributed by atoms with Crippen molar-refractivity contribution in [3.05, 3.63) is 0 Å². The second-order valence-electron chi connectivity index (χ2n) is 0.408. The molecule has 0 spiro atoms. The van der Waals surface area contributed by atoms with Crippen molar-refractivity contribution in [1.82, 2.24) is 0 Å². The molecule has 0 saturated heterocycles. The molecule has 0 radical (unpaired) electrons. The zero-order chi connectivity index (χ0) is 3.41. The van der Waals surface area contributed by atoms with E-state index in [9.17, 15) is 0 Å². The molecule has 0 aromatic carbocycles. The van der Waals surface area contributed by atoms with Crippen molar-refractivity contribution in [2.75, 3.05) is 11.5 Å². The van der Waals surface area contributed by atoms with Crippen LogP contribution in [0.5, 0.6) is 0 Å². The van der Waals surface area contributed by atoms with E-state index in [1.807, 2.05) is 0 Å². The molecular weight excluding hydrogens is 147 g/mol. The monoisotopic (exact) mass is 150 g/mol. The van der Waals surface area contributed by atoms with E-state index >= 15 is 0 Å². The van der Waals surface area contributed by atoms with Crippen LogP contribution >= 0.6 is 0 Å². The van der Waals surface area contributed by atoms with Crippen LogP contribution in [0, 0.1) is 0 Å². The zero-order valence-corrected chi connectivity index (χ0v) is 5.17. The molecule has 0 rings (SSSR count). The first-order valence-corrected chi connectivity index (χ1v) is 2.23. The summed E-state index contributed by atoms with van der Waals surface area (Å²) in [5.74, 6) is 1.44. The smallest absolute Gasteiger partial charge is 0.794 e. The standard InChI is InChI=1S/C2H6S2.Ni/c3-1-2-4;/h3-4H,1-2H2;/q;+2/p-2. The predicted octanol–water partition coefficient (Wildman–Crippen LogP) is 0.0777. The van der Waals surface area contributed by atoms with Crippen LogP contribution in [0.15, 0.2) is 0 Å². The first kappa shape index (κ1) is 9.50. The van der Waals surface area contributed by atoms with E-state index in [0.29, 0.717) is 0 Å². The Morgan fingerprint density at radius 2 is 1.20 bits per heavy atom. The Balaban J connectivity index is 0. The van der Waals surface area contributed by atoms with Crippen LogP contribution in [-0.4, -0.2) is 11.5 Å². The minimum Gasteiger partial charge on any atom is -0.794 e. The summed E-state index contributed by atoms with van der Waals surface area (Å²) in [5, 5.41) is 0. The molecule has 0 aromatic rings. The summed E-state index contributed by atoms with van der Waals surface area (Å²) in [6.45, 7) is 0. The maximum atomic E-state index is 4.45. The van der Waals surface area contributed by atoms with E-state index < -0.39 is 0 Å². The molecule has 0 aliphatic carbocycles. The Hall–Kier alpha value is 1.19. The minimum absolute atomic E-state index is 0. The van der Waals surface area contributed by atoms with Gasteiger partial charge in [0.1, 0.15) is 0 Å². The third-order valence-corrected chi connectivity index (χ3v) is 0.750. The first-order valence-electron chi connectivity index (χ1n) is 1.08. The minimum atomic E-state index is 0. The fraction of sp³-hybridized carbons (Fsp3) is 1.00. The second-order valence-corrected chi connectivity index (χ2v) is 1.22. The van der Waals surface area contributed by atoms with Crippen LogP contribution in [0.25, 0.3) is 0 Å². The summed E-state index contributed by atoms with van der Waals surface area (Å²) in [7, 11) is 0. The van der Waals surface area contributed by atoms with Gasteiger partial charge in [-0.25, -0.2) is 0 Å². The third kappa shape index (κ3) is 11.0. The Labute approximate surface area is 53.5 Å². The van der Waals surface area contributed by atoms with Crippen LogP contribution in [0.2, 0.25) is 0 Å². The quantitative estimate of drug-likeness (QED) is 0.384. The SMILES string of the molecule is [Ni+2].[S-]CC[S-]. The molecule has 0 aliphatic heterocycles. The van der Waals surface area contributed by atoms with Gasteiger partial charge < -0.3 is 25.3 Å². The summed E-state index contributed by atoms with van der Waals surface area (Å²) < 4.78 is 0. The molecular formula is C2H4NiS2. The molecule has 0 aromatic heterocycles. The average molecular weight is 151 g/mol. The fourth-order valence-electron chi connectivity index (χ4n) is 0. The molecule has 0 aliphatic rings. The van der Waals surface area contributed by atoms with Crippen LogP contribution < -0.4 is 0 Å². The Morgan fingerprint density at radius 1 is 1.00 bits per heavy atom. The van der Waals surface area contributed by atoms with Crippen LogP contribution in [-0.2, 0) is 41.7 Å². The van der Waals surface area contributed by atoms with Gasteiger partial charge in [-0.05, 0) is 0 Å². The van der Waals surface area contributed by atoms with Crippen molar-refractivity contribution < 1.29 is 16.5 Å². The summed E-state index contributed by atoms with van der Waals surface area (Å²) in [5.41, 5.74) is 0. The number of rotatable bonds is 1. The molecule has 0 bridgehead atoms. The van der Waals surface area contributed by atoms with Gasteiger partial charge in [-0.1, -0.05) is 0 Å². The molecule has 0 nitrogen and oxygen atoms in total. The molecule has 0 heterocycles. The zero-order valence-electron chi connectivity index (χ0n) is 2.55. The average Bonchev–Trinajstić information content (AvgIpc) is 1.37. The normalized spacial score (nSPS) is 6.00. The van der Waals surface area contributed by atoms with Crippen molar-refractivity contribution in [2.24, 2.45) is 0 Å². The summed E-state index contributed by atoms with van der Waals surface area (Å²) in [4.78, 5) is 0. The van der Waals surface area contributed by atoms with Crippen molar-refractivity contribution in [2.45, 2.75) is 0 Å². The van der Waals surface area contributed by atoms with Crippen LogP contribution in [0.3, 0.4) is 0 Å². The largest absolute Gasteiger partial charge is 2.00 e. The Kier molecular flexibility index (Phi) is 17.0. The molecule has 3 heteroatoms. The molecule has 5 heavy (non-hydrogen) atoms. The summed E-state index contributed by atoms with van der Waals surface area (Å²) in [6, 6.07) is 0. The van der Waals surface area contributed by atoms with Crippen molar-refractivity contribution in [3.8, 4) is 0 Å². The van der Waals surface area contributed by atoms with Gasteiger partial charge in [-0.3, -0.25) is 0 Å². The van der Waals surface area contributed by atoms with E-state index in [-0.39, 0.29) is 16.5 Å². The Bertz CT molecular complexity index is 9.61. The molecule has 0 N–H and O–H groups in total. The predicted molar refractivity (Wildman–Crippen MR) is 24.5 cm³/mol. The van der Waals surface area contributed by atoms with Gasteiger partial charge in [0.05, 0.1) is 0 Å². The topological polar surface area (TPSA) is 0 Å². The first-order chi connectivity index (χ1) is 1.91. The Morgan fingerprint density at radius 3 is 1.20 bits per heavy atom. The van der Waals surface area contributed by atoms with E-state index in [2.05, 4.69) is 25.3 Å². The van der Waals surface area contributed by atoms with Gasteiger partial charge in [0.25, 0.3) is 0 Å². The fourth-order valence-corrected chi connectivity index (χ4v) is 0. The van der Waals surface area contributed by atoms with E-state index in [0.717, 1.165) is 11.5 Å². The third-order valence-electron chi connectivity index (χ3n) is 0.0833. The van der Waals surface area contributed by atoms with Crippen molar-refractivity contribution in [1.29, 1.82) is 0 Å². The van der Waals surface area contributed by atoms with E-state index in [1.54, 1.807) is 0 Å². The summed E-state index contributed by atoms with van der Waals surface area (Å²) in [6.07, 6.45) is 0. The van der Waals surface area contributed by atoms with Gasteiger partial charge in [0.15, 0.2) is 0 Å². The second kappa shape index (κ2) is 8.96. The van der Waals surface area contributed by atoms with Crippen molar-refractivity contribution in [3.63, 3.8) is 0 Å². The maximum absolute atomic E-state index is 4.45. The van der Waals surface area contributed by atoms with Crippen LogP contribution in [0.1, 0.15) is 0 Å². The van der Waals surface area contributed by atoms with Gasteiger partial charge in [0.2, 0.25) is 0 Å². The van der Waals surface area contributed by atoms with E-state index in [4.69, 9.17) is 0 Å². The van der Waals surface area contributed by atoms with Crippen molar-refractivity contribution >= 4 is 25.3 Å². The molecule has 0 saturated carbocycles. The molecule has 0 amide bonds. The molecule has 34 valence electrons. The number of hydrogen-bond donors (Lipinski definition) is 0. The molecule has 0 atom stereocenters. The van der Waals surface area contributed by atoms with Gasteiger partial charge in [-0.15, -0.1) is 0 Å².